The predicted octanol–water partition coefficient (Wildman–Crippen LogP) is 2.95. The average Bonchev–Trinajstić information content (AvgIpc) is 2.91. The van der Waals surface area contributed by atoms with Gasteiger partial charge in [0.15, 0.2) is 0 Å². The van der Waals surface area contributed by atoms with Crippen LogP contribution in [0.15, 0.2) is 12.4 Å². The van der Waals surface area contributed by atoms with E-state index in [0.717, 1.165) is 33.8 Å². The summed E-state index contributed by atoms with van der Waals surface area (Å²) >= 11 is 2.24. The summed E-state index contributed by atoms with van der Waals surface area (Å²) in [6.07, 6.45) is 9.62. The minimum absolute atomic E-state index is 0.869. The topological polar surface area (TPSA) is 29.0 Å². The van der Waals surface area contributed by atoms with Crippen molar-refractivity contribution in [1.29, 1.82) is 0 Å². The van der Waals surface area contributed by atoms with Gasteiger partial charge in [-0.25, -0.2) is 9.97 Å². The molecule has 4 heteroatoms. The van der Waals surface area contributed by atoms with E-state index in [9.17, 15) is 0 Å². The Bertz CT molecular complexity index is 392. The van der Waals surface area contributed by atoms with Gasteiger partial charge in [0, 0.05) is 29.6 Å². The van der Waals surface area contributed by atoms with Crippen LogP contribution in [-0.4, -0.2) is 23.6 Å². The lowest BCUT2D eigenvalue weighted by Gasteiger charge is -2.27. The molecule has 1 heterocycles. The Balaban J connectivity index is 1.63. The summed E-state index contributed by atoms with van der Waals surface area (Å²) in [5, 5.41) is 0. The van der Waals surface area contributed by atoms with Gasteiger partial charge in [-0.05, 0) is 59.6 Å². The molecule has 0 radical (unpaired) electrons. The number of aromatic nitrogens is 2. The summed E-state index contributed by atoms with van der Waals surface area (Å²) in [6, 6.07) is 0. The number of halogens is 1. The van der Waals surface area contributed by atoms with E-state index < -0.39 is 0 Å². The first-order valence-corrected chi connectivity index (χ1v) is 7.49. The van der Waals surface area contributed by atoms with Crippen LogP contribution in [0.3, 0.4) is 0 Å². The Hall–Kier alpha value is -0.390. The van der Waals surface area contributed by atoms with E-state index >= 15 is 0 Å². The largest absolute Gasteiger partial charge is 0.344 e. The smallest absolute Gasteiger partial charge is 0.225 e. The fourth-order valence-electron chi connectivity index (χ4n) is 3.54. The number of hydrogen-bond donors (Lipinski definition) is 0. The van der Waals surface area contributed by atoms with Gasteiger partial charge in [-0.3, -0.25) is 0 Å². The maximum Gasteiger partial charge on any atom is 0.225 e. The van der Waals surface area contributed by atoms with Gasteiger partial charge in [0.25, 0.3) is 0 Å². The molecule has 1 aromatic rings. The molecule has 3 nitrogen and oxygen atoms in total. The van der Waals surface area contributed by atoms with Crippen LogP contribution in [0.25, 0.3) is 0 Å². The van der Waals surface area contributed by atoms with Crippen LogP contribution in [0.4, 0.5) is 5.95 Å². The van der Waals surface area contributed by atoms with Crippen molar-refractivity contribution in [2.75, 3.05) is 18.5 Å². The number of rotatable bonds is 3. The van der Waals surface area contributed by atoms with Gasteiger partial charge in [-0.2, -0.15) is 0 Å². The van der Waals surface area contributed by atoms with Crippen molar-refractivity contribution in [3.05, 3.63) is 16.0 Å². The van der Waals surface area contributed by atoms with E-state index in [1.165, 1.54) is 25.7 Å². The molecule has 0 N–H and O–H groups in total. The normalized spacial score (nSPS) is 30.8. The molecular weight excluding hydrogens is 325 g/mol. The third-order valence-corrected chi connectivity index (χ3v) is 4.90. The standard InChI is InChI=1S/C13H18IN3/c1-17(13-15-6-12(14)7-16-13)8-11-5-9-2-3-10(11)4-9/h6-7,9-11H,2-5,8H2,1H3. The molecule has 0 saturated heterocycles. The zero-order chi connectivity index (χ0) is 11.8. The molecule has 1 aromatic heterocycles. The summed E-state index contributed by atoms with van der Waals surface area (Å²) in [5.74, 6) is 3.75. The molecule has 17 heavy (non-hydrogen) atoms. The van der Waals surface area contributed by atoms with Crippen molar-refractivity contribution >= 4 is 28.5 Å². The molecule has 2 saturated carbocycles. The second-order valence-corrected chi connectivity index (χ2v) is 6.76. The molecular formula is C13H18IN3. The quantitative estimate of drug-likeness (QED) is 0.791. The lowest BCUT2D eigenvalue weighted by molar-refractivity contribution is 0.336. The molecule has 0 amide bonds. The highest BCUT2D eigenvalue weighted by atomic mass is 127. The number of anilines is 1. The van der Waals surface area contributed by atoms with Crippen LogP contribution < -0.4 is 4.90 Å². The maximum absolute atomic E-state index is 4.39. The Morgan fingerprint density at radius 2 is 2.06 bits per heavy atom. The van der Waals surface area contributed by atoms with E-state index in [1.54, 1.807) is 0 Å². The number of fused-ring (bicyclic) bond motifs is 2. The third kappa shape index (κ3) is 2.41. The van der Waals surface area contributed by atoms with Crippen LogP contribution in [0, 0.1) is 21.3 Å². The van der Waals surface area contributed by atoms with Gasteiger partial charge < -0.3 is 4.90 Å². The van der Waals surface area contributed by atoms with Crippen molar-refractivity contribution < 1.29 is 0 Å². The Morgan fingerprint density at radius 3 is 2.65 bits per heavy atom. The Morgan fingerprint density at radius 1 is 1.29 bits per heavy atom. The fourth-order valence-corrected chi connectivity index (χ4v) is 3.81. The van der Waals surface area contributed by atoms with Crippen LogP contribution in [0.5, 0.6) is 0 Å². The molecule has 0 aromatic carbocycles. The highest BCUT2D eigenvalue weighted by Crippen LogP contribution is 2.48. The van der Waals surface area contributed by atoms with E-state index in [1.807, 2.05) is 12.4 Å². The van der Waals surface area contributed by atoms with E-state index in [4.69, 9.17) is 0 Å². The van der Waals surface area contributed by atoms with E-state index in [2.05, 4.69) is 44.5 Å². The number of nitrogens with zero attached hydrogens (tertiary/aromatic N) is 3. The zero-order valence-electron chi connectivity index (χ0n) is 10.1. The molecule has 2 bridgehead atoms. The van der Waals surface area contributed by atoms with Gasteiger partial charge in [-0.1, -0.05) is 6.42 Å². The lowest BCUT2D eigenvalue weighted by atomic mass is 9.88. The summed E-state index contributed by atoms with van der Waals surface area (Å²) in [7, 11) is 2.12. The van der Waals surface area contributed by atoms with Crippen molar-refractivity contribution in [3.8, 4) is 0 Å². The zero-order valence-corrected chi connectivity index (χ0v) is 12.3. The summed E-state index contributed by atoms with van der Waals surface area (Å²) < 4.78 is 1.10. The van der Waals surface area contributed by atoms with Crippen molar-refractivity contribution in [3.63, 3.8) is 0 Å². The molecule has 2 aliphatic carbocycles. The Labute approximate surface area is 116 Å². The summed E-state index contributed by atoms with van der Waals surface area (Å²) in [6.45, 7) is 1.13. The Kier molecular flexibility index (Phi) is 3.23. The molecule has 2 fully saturated rings. The summed E-state index contributed by atoms with van der Waals surface area (Å²) in [4.78, 5) is 11.0. The predicted molar refractivity (Wildman–Crippen MR) is 77.0 cm³/mol. The highest BCUT2D eigenvalue weighted by Gasteiger charge is 2.39. The SMILES string of the molecule is CN(CC1CC2CCC1C2)c1ncc(I)cn1. The molecule has 3 unspecified atom stereocenters. The van der Waals surface area contributed by atoms with Crippen LogP contribution in [0.2, 0.25) is 0 Å². The van der Waals surface area contributed by atoms with Crippen molar-refractivity contribution in [1.82, 2.24) is 9.97 Å². The van der Waals surface area contributed by atoms with Crippen molar-refractivity contribution in [2.45, 2.75) is 25.7 Å². The second-order valence-electron chi connectivity index (χ2n) is 5.52. The summed E-state index contributed by atoms with van der Waals surface area (Å²) in [5.41, 5.74) is 0. The molecule has 0 aliphatic heterocycles. The fraction of sp³-hybridized carbons (Fsp3) is 0.692. The molecule has 0 spiro atoms. The van der Waals surface area contributed by atoms with Crippen LogP contribution >= 0.6 is 22.6 Å². The molecule has 2 aliphatic rings. The average molecular weight is 343 g/mol. The third-order valence-electron chi connectivity index (χ3n) is 4.34. The van der Waals surface area contributed by atoms with Gasteiger partial charge in [-0.15, -0.1) is 0 Å². The van der Waals surface area contributed by atoms with Gasteiger partial charge in [0.05, 0.1) is 0 Å². The highest BCUT2D eigenvalue weighted by molar-refractivity contribution is 14.1. The maximum atomic E-state index is 4.39. The molecule has 3 rings (SSSR count). The second kappa shape index (κ2) is 4.71. The van der Waals surface area contributed by atoms with Gasteiger partial charge in [0.1, 0.15) is 0 Å². The molecule has 3 atom stereocenters. The minimum Gasteiger partial charge on any atom is -0.344 e. The minimum atomic E-state index is 0.869. The van der Waals surface area contributed by atoms with E-state index in [0.29, 0.717) is 0 Å². The first-order chi connectivity index (χ1) is 8.22. The molecule has 92 valence electrons. The first kappa shape index (κ1) is 11.7. The van der Waals surface area contributed by atoms with E-state index in [-0.39, 0.29) is 0 Å². The van der Waals surface area contributed by atoms with Gasteiger partial charge >= 0.3 is 0 Å². The van der Waals surface area contributed by atoms with Crippen LogP contribution in [0.1, 0.15) is 25.7 Å². The number of hydrogen-bond acceptors (Lipinski definition) is 3. The van der Waals surface area contributed by atoms with Gasteiger partial charge in [0.2, 0.25) is 5.95 Å². The monoisotopic (exact) mass is 343 g/mol. The lowest BCUT2D eigenvalue weighted by Crippen LogP contribution is -2.29. The first-order valence-electron chi connectivity index (χ1n) is 6.41. The van der Waals surface area contributed by atoms with Crippen LogP contribution in [-0.2, 0) is 0 Å². The van der Waals surface area contributed by atoms with Crippen molar-refractivity contribution in [2.24, 2.45) is 17.8 Å².